The summed E-state index contributed by atoms with van der Waals surface area (Å²) < 4.78 is 4.80. The fourth-order valence-electron chi connectivity index (χ4n) is 3.35. The first-order chi connectivity index (χ1) is 14.5. The van der Waals surface area contributed by atoms with E-state index >= 15 is 0 Å². The van der Waals surface area contributed by atoms with Gasteiger partial charge in [0.1, 0.15) is 0 Å². The Balaban J connectivity index is 1.45. The maximum absolute atomic E-state index is 11.4. The molecule has 3 rings (SSSR count). The average Bonchev–Trinajstić information content (AvgIpc) is 2.77. The Morgan fingerprint density at radius 3 is 2.37 bits per heavy atom. The van der Waals surface area contributed by atoms with Crippen LogP contribution in [0, 0.1) is 0 Å². The number of benzene rings is 1. The van der Waals surface area contributed by atoms with E-state index in [2.05, 4.69) is 32.9 Å². The van der Waals surface area contributed by atoms with E-state index in [1.54, 1.807) is 13.8 Å². The number of carbonyl (C=O) groups excluding carboxylic acids is 2. The lowest BCUT2D eigenvalue weighted by molar-refractivity contribution is -0.129. The standard InChI is InChI=1S/C22H29N5O3/c1-3-30-22(29)25-24-20-8-5-18(6-9-20)4-7-19-10-11-21(16-23-19)27-14-12-26(13-15-27)17(2)28/h5-6,8-11,16,24H,3-4,7,12-15H2,1-2H3,(H,25,29). The first-order valence-electron chi connectivity index (χ1n) is 10.3. The first-order valence-corrected chi connectivity index (χ1v) is 10.3. The van der Waals surface area contributed by atoms with Gasteiger partial charge in [0.15, 0.2) is 0 Å². The van der Waals surface area contributed by atoms with E-state index in [0.29, 0.717) is 6.61 Å². The largest absolute Gasteiger partial charge is 0.449 e. The van der Waals surface area contributed by atoms with Crippen LogP contribution in [0.3, 0.4) is 0 Å². The molecule has 0 saturated carbocycles. The summed E-state index contributed by atoms with van der Waals surface area (Å²) in [4.78, 5) is 31.5. The monoisotopic (exact) mass is 411 g/mol. The maximum Gasteiger partial charge on any atom is 0.425 e. The zero-order valence-electron chi connectivity index (χ0n) is 17.6. The molecule has 0 bridgehead atoms. The molecule has 0 atom stereocenters. The summed E-state index contributed by atoms with van der Waals surface area (Å²) >= 11 is 0. The minimum atomic E-state index is -0.503. The Kier molecular flexibility index (Phi) is 7.48. The normalized spacial score (nSPS) is 13.7. The van der Waals surface area contributed by atoms with Crippen molar-refractivity contribution in [1.82, 2.24) is 15.3 Å². The number of pyridine rings is 1. The molecule has 2 amide bonds. The number of nitrogens with zero attached hydrogens (tertiary/aromatic N) is 3. The minimum absolute atomic E-state index is 0.141. The second kappa shape index (κ2) is 10.5. The van der Waals surface area contributed by atoms with Gasteiger partial charge in [0.2, 0.25) is 5.91 Å². The molecule has 1 saturated heterocycles. The molecule has 0 unspecified atom stereocenters. The highest BCUT2D eigenvalue weighted by molar-refractivity contribution is 5.73. The predicted molar refractivity (Wildman–Crippen MR) is 116 cm³/mol. The van der Waals surface area contributed by atoms with Gasteiger partial charge < -0.3 is 14.5 Å². The van der Waals surface area contributed by atoms with Crippen LogP contribution in [-0.4, -0.2) is 54.7 Å². The molecule has 8 heteroatoms. The number of hydrazine groups is 1. The Bertz CT molecular complexity index is 831. The van der Waals surface area contributed by atoms with Gasteiger partial charge in [-0.25, -0.2) is 10.2 Å². The van der Waals surface area contributed by atoms with Gasteiger partial charge in [-0.15, -0.1) is 0 Å². The lowest BCUT2D eigenvalue weighted by Crippen LogP contribution is -2.48. The summed E-state index contributed by atoms with van der Waals surface area (Å²) in [6.45, 7) is 6.91. The van der Waals surface area contributed by atoms with Crippen molar-refractivity contribution < 1.29 is 14.3 Å². The summed E-state index contributed by atoms with van der Waals surface area (Å²) in [5.41, 5.74) is 9.43. The molecular formula is C22H29N5O3. The van der Waals surface area contributed by atoms with Gasteiger partial charge in [-0.2, -0.15) is 0 Å². The van der Waals surface area contributed by atoms with E-state index in [-0.39, 0.29) is 5.91 Å². The number of amides is 2. The zero-order valence-corrected chi connectivity index (χ0v) is 17.6. The van der Waals surface area contributed by atoms with Gasteiger partial charge in [0.05, 0.1) is 24.2 Å². The molecule has 2 N–H and O–H groups in total. The summed E-state index contributed by atoms with van der Waals surface area (Å²) in [5, 5.41) is 0. The van der Waals surface area contributed by atoms with Crippen molar-refractivity contribution in [2.75, 3.05) is 43.1 Å². The molecule has 1 fully saturated rings. The van der Waals surface area contributed by atoms with Crippen LogP contribution in [0.2, 0.25) is 0 Å². The number of carbonyl (C=O) groups is 2. The maximum atomic E-state index is 11.4. The molecule has 160 valence electrons. The molecule has 2 heterocycles. The summed E-state index contributed by atoms with van der Waals surface area (Å²) in [6, 6.07) is 12.1. The molecule has 8 nitrogen and oxygen atoms in total. The number of hydrogen-bond acceptors (Lipinski definition) is 6. The lowest BCUT2D eigenvalue weighted by atomic mass is 10.1. The van der Waals surface area contributed by atoms with Crippen LogP contribution < -0.4 is 15.8 Å². The third kappa shape index (κ3) is 6.10. The van der Waals surface area contributed by atoms with Gasteiger partial charge in [-0.05, 0) is 49.6 Å². The van der Waals surface area contributed by atoms with E-state index < -0.39 is 6.09 Å². The topological polar surface area (TPSA) is 86.8 Å². The van der Waals surface area contributed by atoms with Crippen LogP contribution in [0.15, 0.2) is 42.6 Å². The Labute approximate surface area is 177 Å². The van der Waals surface area contributed by atoms with Crippen molar-refractivity contribution in [3.63, 3.8) is 0 Å². The molecule has 0 radical (unpaired) electrons. The Morgan fingerprint density at radius 1 is 1.03 bits per heavy atom. The number of piperazine rings is 1. The lowest BCUT2D eigenvalue weighted by Gasteiger charge is -2.35. The third-order valence-electron chi connectivity index (χ3n) is 5.11. The molecule has 0 aliphatic carbocycles. The zero-order chi connectivity index (χ0) is 21.3. The number of nitrogens with one attached hydrogen (secondary N) is 2. The fraction of sp³-hybridized carbons (Fsp3) is 0.409. The molecular weight excluding hydrogens is 382 g/mol. The SMILES string of the molecule is CCOC(=O)NNc1ccc(CCc2ccc(N3CCN(C(C)=O)CC3)cn2)cc1. The van der Waals surface area contributed by atoms with E-state index in [0.717, 1.165) is 56.1 Å². The Morgan fingerprint density at radius 2 is 1.77 bits per heavy atom. The molecule has 1 aromatic heterocycles. The van der Waals surface area contributed by atoms with Crippen molar-refractivity contribution in [3.05, 3.63) is 53.9 Å². The summed E-state index contributed by atoms with van der Waals surface area (Å²) in [7, 11) is 0. The van der Waals surface area contributed by atoms with Crippen molar-refractivity contribution in [2.45, 2.75) is 26.7 Å². The van der Waals surface area contributed by atoms with Gasteiger partial charge in [0.25, 0.3) is 0 Å². The van der Waals surface area contributed by atoms with Gasteiger partial charge in [-0.1, -0.05) is 12.1 Å². The number of aromatic nitrogens is 1. The van der Waals surface area contributed by atoms with E-state index in [1.807, 2.05) is 35.4 Å². The van der Waals surface area contributed by atoms with Crippen LogP contribution in [0.4, 0.5) is 16.2 Å². The molecule has 1 aliphatic rings. The highest BCUT2D eigenvalue weighted by Gasteiger charge is 2.18. The average molecular weight is 412 g/mol. The first kappa shape index (κ1) is 21.4. The quantitative estimate of drug-likeness (QED) is 0.681. The molecule has 0 spiro atoms. The molecule has 30 heavy (non-hydrogen) atoms. The second-order valence-electron chi connectivity index (χ2n) is 7.17. The molecule has 1 aromatic carbocycles. The van der Waals surface area contributed by atoms with Crippen molar-refractivity contribution >= 4 is 23.4 Å². The number of aryl methyl sites for hydroxylation is 2. The summed E-state index contributed by atoms with van der Waals surface area (Å²) in [5.74, 6) is 0.141. The molecule has 2 aromatic rings. The van der Waals surface area contributed by atoms with Gasteiger partial charge in [0, 0.05) is 38.8 Å². The van der Waals surface area contributed by atoms with E-state index in [1.165, 1.54) is 5.56 Å². The van der Waals surface area contributed by atoms with Gasteiger partial charge >= 0.3 is 6.09 Å². The van der Waals surface area contributed by atoms with E-state index in [9.17, 15) is 9.59 Å². The number of ether oxygens (including phenoxy) is 1. The highest BCUT2D eigenvalue weighted by Crippen LogP contribution is 2.17. The van der Waals surface area contributed by atoms with Crippen LogP contribution in [0.5, 0.6) is 0 Å². The van der Waals surface area contributed by atoms with Crippen LogP contribution >= 0.6 is 0 Å². The number of hydrogen-bond donors (Lipinski definition) is 2. The van der Waals surface area contributed by atoms with Gasteiger partial charge in [-0.3, -0.25) is 15.2 Å². The van der Waals surface area contributed by atoms with E-state index in [4.69, 9.17) is 4.74 Å². The minimum Gasteiger partial charge on any atom is -0.449 e. The number of anilines is 2. The van der Waals surface area contributed by atoms with Crippen molar-refractivity contribution in [2.24, 2.45) is 0 Å². The summed E-state index contributed by atoms with van der Waals surface area (Å²) in [6.07, 6.45) is 3.16. The van der Waals surface area contributed by atoms with Crippen molar-refractivity contribution in [3.8, 4) is 0 Å². The second-order valence-corrected chi connectivity index (χ2v) is 7.17. The van der Waals surface area contributed by atoms with Crippen LogP contribution in [0.1, 0.15) is 25.1 Å². The van der Waals surface area contributed by atoms with Crippen molar-refractivity contribution in [1.29, 1.82) is 0 Å². The Hall–Kier alpha value is -3.29. The smallest absolute Gasteiger partial charge is 0.425 e. The number of rotatable bonds is 7. The predicted octanol–water partition coefficient (Wildman–Crippen LogP) is 2.61. The van der Waals surface area contributed by atoms with Crippen LogP contribution in [-0.2, 0) is 22.4 Å². The van der Waals surface area contributed by atoms with Crippen LogP contribution in [0.25, 0.3) is 0 Å². The third-order valence-corrected chi connectivity index (χ3v) is 5.11. The molecule has 1 aliphatic heterocycles. The fourth-order valence-corrected chi connectivity index (χ4v) is 3.35. The highest BCUT2D eigenvalue weighted by atomic mass is 16.5.